The third-order valence-corrected chi connectivity index (χ3v) is 5.12. The van der Waals surface area contributed by atoms with Gasteiger partial charge in [-0.05, 0) is 58.0 Å². The minimum absolute atomic E-state index is 0.689. The molecule has 0 saturated heterocycles. The fourth-order valence-corrected chi connectivity index (χ4v) is 3.59. The zero-order valence-corrected chi connectivity index (χ0v) is 13.4. The summed E-state index contributed by atoms with van der Waals surface area (Å²) >= 11 is 0. The molecule has 4 unspecified atom stereocenters. The van der Waals surface area contributed by atoms with Crippen LogP contribution in [0.2, 0.25) is 0 Å². The molecular weight excluding hydrogens is 220 g/mol. The Balaban J connectivity index is 2.77. The van der Waals surface area contributed by atoms with Gasteiger partial charge in [0.05, 0.1) is 0 Å². The average Bonchev–Trinajstić information content (AvgIpc) is 2.39. The summed E-state index contributed by atoms with van der Waals surface area (Å²) in [5.41, 5.74) is 0. The lowest BCUT2D eigenvalue weighted by Crippen LogP contribution is -2.55. The molecule has 2 nitrogen and oxygen atoms in total. The van der Waals surface area contributed by atoms with Gasteiger partial charge >= 0.3 is 0 Å². The molecule has 2 heteroatoms. The first kappa shape index (κ1) is 16.0. The maximum atomic E-state index is 3.57. The van der Waals surface area contributed by atoms with E-state index in [0.29, 0.717) is 12.1 Å². The van der Waals surface area contributed by atoms with Gasteiger partial charge in [0.2, 0.25) is 0 Å². The van der Waals surface area contributed by atoms with Crippen molar-refractivity contribution in [1.29, 1.82) is 0 Å². The van der Waals surface area contributed by atoms with Crippen molar-refractivity contribution in [3.05, 3.63) is 0 Å². The third-order valence-electron chi connectivity index (χ3n) is 5.12. The van der Waals surface area contributed by atoms with Crippen LogP contribution in [0.5, 0.6) is 0 Å². The van der Waals surface area contributed by atoms with Crippen LogP contribution in [-0.2, 0) is 0 Å². The number of likely N-dealkylation sites (N-methyl/N-ethyl adjacent to an activating group) is 2. The van der Waals surface area contributed by atoms with Gasteiger partial charge in [0.1, 0.15) is 0 Å². The number of nitrogens with one attached hydrogen (secondary N) is 1. The van der Waals surface area contributed by atoms with Crippen LogP contribution in [0.1, 0.15) is 60.3 Å². The molecule has 0 aliphatic heterocycles. The lowest BCUT2D eigenvalue weighted by Gasteiger charge is -2.45. The van der Waals surface area contributed by atoms with Crippen LogP contribution in [0.25, 0.3) is 0 Å². The van der Waals surface area contributed by atoms with Crippen LogP contribution < -0.4 is 5.32 Å². The molecule has 1 rings (SSSR count). The first-order valence-corrected chi connectivity index (χ1v) is 7.98. The van der Waals surface area contributed by atoms with Crippen LogP contribution in [0.4, 0.5) is 0 Å². The van der Waals surface area contributed by atoms with Gasteiger partial charge in [-0.1, -0.05) is 27.7 Å². The van der Waals surface area contributed by atoms with Crippen molar-refractivity contribution < 1.29 is 0 Å². The highest BCUT2D eigenvalue weighted by Crippen LogP contribution is 2.33. The van der Waals surface area contributed by atoms with E-state index >= 15 is 0 Å². The maximum Gasteiger partial charge on any atom is 0.0254 e. The fraction of sp³-hybridized carbons (Fsp3) is 1.00. The summed E-state index contributed by atoms with van der Waals surface area (Å²) in [6.45, 7) is 13.0. The minimum atomic E-state index is 0.689. The van der Waals surface area contributed by atoms with Crippen LogP contribution in [-0.4, -0.2) is 36.6 Å². The highest BCUT2D eigenvalue weighted by atomic mass is 15.2. The smallest absolute Gasteiger partial charge is 0.0254 e. The van der Waals surface area contributed by atoms with Gasteiger partial charge < -0.3 is 5.32 Å². The lowest BCUT2D eigenvalue weighted by atomic mass is 9.76. The van der Waals surface area contributed by atoms with Crippen molar-refractivity contribution in [2.24, 2.45) is 11.8 Å². The molecule has 0 spiro atoms. The molecule has 0 radical (unpaired) electrons. The Kier molecular flexibility index (Phi) is 6.65. The second kappa shape index (κ2) is 7.49. The Labute approximate surface area is 115 Å². The lowest BCUT2D eigenvalue weighted by molar-refractivity contribution is 0.0604. The Morgan fingerprint density at radius 2 is 1.83 bits per heavy atom. The highest BCUT2D eigenvalue weighted by molar-refractivity contribution is 4.92. The van der Waals surface area contributed by atoms with Gasteiger partial charge in [0.25, 0.3) is 0 Å². The van der Waals surface area contributed by atoms with Crippen molar-refractivity contribution in [2.75, 3.05) is 13.6 Å². The number of nitrogens with zero attached hydrogens (tertiary/aromatic N) is 1. The summed E-state index contributed by atoms with van der Waals surface area (Å²) < 4.78 is 0. The van der Waals surface area contributed by atoms with Crippen molar-refractivity contribution in [1.82, 2.24) is 10.2 Å². The molecule has 1 fully saturated rings. The summed E-state index contributed by atoms with van der Waals surface area (Å²) in [5, 5.41) is 3.57. The van der Waals surface area contributed by atoms with E-state index in [1.54, 1.807) is 0 Å². The molecule has 0 amide bonds. The third kappa shape index (κ3) is 3.71. The predicted octanol–water partition coefficient (Wildman–Crippen LogP) is 3.52. The van der Waals surface area contributed by atoms with Crippen molar-refractivity contribution in [2.45, 2.75) is 78.4 Å². The van der Waals surface area contributed by atoms with Gasteiger partial charge in [-0.2, -0.15) is 0 Å². The molecule has 1 N–H and O–H groups in total. The molecule has 0 aromatic rings. The molecule has 1 saturated carbocycles. The zero-order valence-electron chi connectivity index (χ0n) is 13.4. The highest BCUT2D eigenvalue weighted by Gasteiger charge is 2.35. The van der Waals surface area contributed by atoms with E-state index < -0.39 is 0 Å². The molecule has 108 valence electrons. The minimum Gasteiger partial charge on any atom is -0.315 e. The van der Waals surface area contributed by atoms with E-state index in [1.807, 2.05) is 0 Å². The fourth-order valence-electron chi connectivity index (χ4n) is 3.59. The molecular formula is C16H34N2. The van der Waals surface area contributed by atoms with Crippen molar-refractivity contribution in [3.8, 4) is 0 Å². The maximum absolute atomic E-state index is 3.57. The topological polar surface area (TPSA) is 15.3 Å². The molecule has 1 aliphatic rings. The monoisotopic (exact) mass is 254 g/mol. The van der Waals surface area contributed by atoms with E-state index in [1.165, 1.54) is 32.2 Å². The SMILES string of the molecule is CCC(C)N(CC)C1CC(C(C)C)CCC1NC. The first-order chi connectivity index (χ1) is 8.54. The Morgan fingerprint density at radius 1 is 1.17 bits per heavy atom. The van der Waals surface area contributed by atoms with Crippen LogP contribution in [0, 0.1) is 11.8 Å². The number of hydrogen-bond donors (Lipinski definition) is 1. The van der Waals surface area contributed by atoms with E-state index in [4.69, 9.17) is 0 Å². The predicted molar refractivity (Wildman–Crippen MR) is 80.9 cm³/mol. The molecule has 0 heterocycles. The van der Waals surface area contributed by atoms with Crippen LogP contribution in [0.3, 0.4) is 0 Å². The van der Waals surface area contributed by atoms with Crippen LogP contribution >= 0.6 is 0 Å². The van der Waals surface area contributed by atoms with E-state index in [9.17, 15) is 0 Å². The Morgan fingerprint density at radius 3 is 2.28 bits per heavy atom. The van der Waals surface area contributed by atoms with E-state index in [-0.39, 0.29) is 0 Å². The van der Waals surface area contributed by atoms with Crippen LogP contribution in [0.15, 0.2) is 0 Å². The summed E-state index contributed by atoms with van der Waals surface area (Å²) in [5.74, 6) is 1.75. The summed E-state index contributed by atoms with van der Waals surface area (Å²) in [4.78, 5) is 2.73. The van der Waals surface area contributed by atoms with Gasteiger partial charge in [-0.25, -0.2) is 0 Å². The van der Waals surface area contributed by atoms with Gasteiger partial charge in [-0.15, -0.1) is 0 Å². The summed E-state index contributed by atoms with van der Waals surface area (Å²) in [6.07, 6.45) is 5.38. The molecule has 0 aromatic carbocycles. The molecule has 0 aromatic heterocycles. The zero-order chi connectivity index (χ0) is 13.7. The quantitative estimate of drug-likeness (QED) is 0.780. The Bertz CT molecular complexity index is 227. The summed E-state index contributed by atoms with van der Waals surface area (Å²) in [7, 11) is 2.14. The molecule has 18 heavy (non-hydrogen) atoms. The molecule has 4 atom stereocenters. The van der Waals surface area contributed by atoms with E-state index in [0.717, 1.165) is 17.9 Å². The Hall–Kier alpha value is -0.0800. The van der Waals surface area contributed by atoms with Gasteiger partial charge in [-0.3, -0.25) is 4.90 Å². The standard InChI is InChI=1S/C16H34N2/c1-7-13(5)18(8-2)16-11-14(12(3)4)9-10-15(16)17-6/h12-17H,7-11H2,1-6H3. The number of rotatable bonds is 6. The molecule has 0 bridgehead atoms. The number of hydrogen-bond acceptors (Lipinski definition) is 2. The molecule has 1 aliphatic carbocycles. The summed E-state index contributed by atoms with van der Waals surface area (Å²) in [6, 6.07) is 2.13. The second-order valence-electron chi connectivity index (χ2n) is 6.37. The van der Waals surface area contributed by atoms with Crippen molar-refractivity contribution in [3.63, 3.8) is 0 Å². The normalized spacial score (nSPS) is 31.0. The average molecular weight is 254 g/mol. The van der Waals surface area contributed by atoms with E-state index in [2.05, 4.69) is 51.9 Å². The largest absolute Gasteiger partial charge is 0.315 e. The second-order valence-corrected chi connectivity index (χ2v) is 6.37. The van der Waals surface area contributed by atoms with Gasteiger partial charge in [0, 0.05) is 18.1 Å². The van der Waals surface area contributed by atoms with Crippen molar-refractivity contribution >= 4 is 0 Å². The first-order valence-electron chi connectivity index (χ1n) is 7.98. The van der Waals surface area contributed by atoms with Gasteiger partial charge in [0.15, 0.2) is 0 Å².